The first-order valence-corrected chi connectivity index (χ1v) is 4.85. The average Bonchev–Trinajstić information content (AvgIpc) is 1.99. The molecule has 0 fully saturated rings. The van der Waals surface area contributed by atoms with Crippen LogP contribution in [0.3, 0.4) is 0 Å². The number of hydrogen-bond acceptors (Lipinski definition) is 3. The van der Waals surface area contributed by atoms with E-state index in [-0.39, 0.29) is 5.91 Å². The third-order valence-electron chi connectivity index (χ3n) is 1.35. The number of unbranched alkanes of at least 4 members (excludes halogenated alkanes) is 1. The van der Waals surface area contributed by atoms with Crippen LogP contribution < -0.4 is 5.73 Å². The van der Waals surface area contributed by atoms with Crippen LogP contribution in [0, 0.1) is 0 Å². The van der Waals surface area contributed by atoms with E-state index in [2.05, 4.69) is 4.99 Å². The molecular weight excluding hydrogens is 196 g/mol. The summed E-state index contributed by atoms with van der Waals surface area (Å²) < 4.78 is 4.94. The smallest absolute Gasteiger partial charge is 0.433 e. The number of nitrogens with two attached hydrogens (primary N) is 1. The maximum atomic E-state index is 11.0. The molecule has 2 amide bonds. The van der Waals surface area contributed by atoms with Crippen molar-refractivity contribution in [1.82, 2.24) is 0 Å². The van der Waals surface area contributed by atoms with Crippen molar-refractivity contribution in [2.24, 2.45) is 10.7 Å². The Morgan fingerprint density at radius 2 is 2.00 bits per heavy atom. The second kappa shape index (κ2) is 6.16. The lowest BCUT2D eigenvalue weighted by atomic mass is 10.2. The van der Waals surface area contributed by atoms with Crippen LogP contribution in [-0.4, -0.2) is 23.8 Å². The van der Waals surface area contributed by atoms with Gasteiger partial charge >= 0.3 is 6.09 Å². The summed E-state index contributed by atoms with van der Waals surface area (Å²) in [5, 5.41) is 0. The number of primary amides is 1. The number of carbonyl (C=O) groups is 2. The van der Waals surface area contributed by atoms with Gasteiger partial charge in [-0.05, 0) is 33.6 Å². The van der Waals surface area contributed by atoms with Gasteiger partial charge in [0.1, 0.15) is 5.60 Å². The molecule has 0 spiro atoms. The fourth-order valence-corrected chi connectivity index (χ4v) is 0.795. The van der Waals surface area contributed by atoms with E-state index in [0.717, 1.165) is 0 Å². The molecule has 0 saturated heterocycles. The van der Waals surface area contributed by atoms with E-state index >= 15 is 0 Å². The van der Waals surface area contributed by atoms with Gasteiger partial charge < -0.3 is 10.5 Å². The number of nitrogens with zero attached hydrogens (tertiary/aromatic N) is 1. The number of amides is 2. The maximum absolute atomic E-state index is 11.0. The van der Waals surface area contributed by atoms with E-state index in [1.807, 2.05) is 0 Å². The van der Waals surface area contributed by atoms with Gasteiger partial charge in [-0.2, -0.15) is 4.99 Å². The minimum absolute atomic E-state index is 0.306. The molecule has 5 heteroatoms. The average molecular weight is 214 g/mol. The van der Waals surface area contributed by atoms with Crippen molar-refractivity contribution < 1.29 is 14.3 Å². The normalized spacial score (nSPS) is 11.7. The Kier molecular flexibility index (Phi) is 5.59. The van der Waals surface area contributed by atoms with Crippen molar-refractivity contribution >= 4 is 18.2 Å². The minimum Gasteiger partial charge on any atom is -0.442 e. The molecule has 15 heavy (non-hydrogen) atoms. The van der Waals surface area contributed by atoms with Crippen molar-refractivity contribution in [2.75, 3.05) is 0 Å². The fourth-order valence-electron chi connectivity index (χ4n) is 0.795. The minimum atomic E-state index is -0.610. The second-order valence-corrected chi connectivity index (χ2v) is 4.15. The SMILES string of the molecule is CC(C)(C)OC(=O)N=CCCCC(N)=O. The molecule has 86 valence electrons. The molecule has 0 unspecified atom stereocenters. The molecule has 0 radical (unpaired) electrons. The lowest BCUT2D eigenvalue weighted by molar-refractivity contribution is -0.118. The van der Waals surface area contributed by atoms with E-state index in [0.29, 0.717) is 19.3 Å². The maximum Gasteiger partial charge on any atom is 0.433 e. The van der Waals surface area contributed by atoms with Gasteiger partial charge in [0.2, 0.25) is 5.91 Å². The molecule has 0 atom stereocenters. The topological polar surface area (TPSA) is 81.8 Å². The van der Waals surface area contributed by atoms with Gasteiger partial charge in [0.25, 0.3) is 0 Å². The van der Waals surface area contributed by atoms with Crippen LogP contribution in [0.1, 0.15) is 40.0 Å². The van der Waals surface area contributed by atoms with E-state index in [9.17, 15) is 9.59 Å². The van der Waals surface area contributed by atoms with Crippen molar-refractivity contribution in [2.45, 2.75) is 45.6 Å². The van der Waals surface area contributed by atoms with Gasteiger partial charge in [-0.3, -0.25) is 4.79 Å². The molecule has 0 saturated carbocycles. The molecule has 0 aromatic rings. The standard InChI is InChI=1S/C10H18N2O3/c1-10(2,3)15-9(14)12-7-5-4-6-8(11)13/h7H,4-6H2,1-3H3,(H2,11,13). The van der Waals surface area contributed by atoms with Gasteiger partial charge in [0, 0.05) is 12.6 Å². The Balaban J connectivity index is 3.69. The summed E-state index contributed by atoms with van der Waals surface area (Å²) in [6, 6.07) is 0. The summed E-state index contributed by atoms with van der Waals surface area (Å²) in [4.78, 5) is 25.0. The highest BCUT2D eigenvalue weighted by Crippen LogP contribution is 2.07. The van der Waals surface area contributed by atoms with Crippen molar-refractivity contribution in [3.8, 4) is 0 Å². The fraction of sp³-hybridized carbons (Fsp3) is 0.700. The molecular formula is C10H18N2O3. The highest BCUT2D eigenvalue weighted by Gasteiger charge is 2.14. The van der Waals surface area contributed by atoms with Crippen molar-refractivity contribution in [3.63, 3.8) is 0 Å². The first kappa shape index (κ1) is 13.6. The van der Waals surface area contributed by atoms with E-state index in [1.54, 1.807) is 20.8 Å². The lowest BCUT2D eigenvalue weighted by Gasteiger charge is -2.16. The van der Waals surface area contributed by atoms with Crippen LogP contribution in [0.25, 0.3) is 0 Å². The molecule has 0 aromatic carbocycles. The summed E-state index contributed by atoms with van der Waals surface area (Å²) in [5.41, 5.74) is 4.42. The van der Waals surface area contributed by atoms with E-state index < -0.39 is 11.7 Å². The van der Waals surface area contributed by atoms with E-state index in [4.69, 9.17) is 10.5 Å². The number of carbonyl (C=O) groups excluding carboxylic acids is 2. The van der Waals surface area contributed by atoms with Crippen LogP contribution in [-0.2, 0) is 9.53 Å². The second-order valence-electron chi connectivity index (χ2n) is 4.15. The van der Waals surface area contributed by atoms with Gasteiger partial charge in [-0.1, -0.05) is 0 Å². The Hall–Kier alpha value is -1.39. The molecule has 5 nitrogen and oxygen atoms in total. The van der Waals surface area contributed by atoms with Gasteiger partial charge in [0.15, 0.2) is 0 Å². The summed E-state index contributed by atoms with van der Waals surface area (Å²) in [7, 11) is 0. The highest BCUT2D eigenvalue weighted by molar-refractivity contribution is 5.80. The molecule has 0 aliphatic heterocycles. The predicted molar refractivity (Wildman–Crippen MR) is 57.8 cm³/mol. The highest BCUT2D eigenvalue weighted by atomic mass is 16.6. The predicted octanol–water partition coefficient (Wildman–Crippen LogP) is 1.65. The first-order chi connectivity index (χ1) is 6.81. The zero-order valence-corrected chi connectivity index (χ0v) is 9.45. The summed E-state index contributed by atoms with van der Waals surface area (Å²) in [6.07, 6.45) is 2.28. The van der Waals surface area contributed by atoms with Crippen LogP contribution in [0.15, 0.2) is 4.99 Å². The van der Waals surface area contributed by atoms with Crippen LogP contribution in [0.2, 0.25) is 0 Å². The largest absolute Gasteiger partial charge is 0.442 e. The Bertz CT molecular complexity index is 254. The Morgan fingerprint density at radius 3 is 2.47 bits per heavy atom. The molecule has 0 aliphatic rings. The van der Waals surface area contributed by atoms with E-state index in [1.165, 1.54) is 6.21 Å². The zero-order valence-electron chi connectivity index (χ0n) is 9.45. The monoisotopic (exact) mass is 214 g/mol. The summed E-state index contributed by atoms with van der Waals surface area (Å²) >= 11 is 0. The third kappa shape index (κ3) is 10.5. The number of rotatable bonds is 4. The van der Waals surface area contributed by atoms with Crippen LogP contribution in [0.4, 0.5) is 4.79 Å². The third-order valence-corrected chi connectivity index (χ3v) is 1.35. The van der Waals surface area contributed by atoms with Gasteiger partial charge in [-0.25, -0.2) is 4.79 Å². The Morgan fingerprint density at radius 1 is 1.40 bits per heavy atom. The lowest BCUT2D eigenvalue weighted by Crippen LogP contribution is -2.21. The summed E-state index contributed by atoms with van der Waals surface area (Å²) in [6.45, 7) is 5.31. The van der Waals surface area contributed by atoms with Gasteiger partial charge in [-0.15, -0.1) is 0 Å². The van der Waals surface area contributed by atoms with Crippen LogP contribution in [0.5, 0.6) is 0 Å². The van der Waals surface area contributed by atoms with Crippen molar-refractivity contribution in [3.05, 3.63) is 0 Å². The molecule has 0 bridgehead atoms. The Labute approximate surface area is 89.7 Å². The zero-order chi connectivity index (χ0) is 11.9. The quantitative estimate of drug-likeness (QED) is 0.570. The molecule has 0 heterocycles. The number of hydrogen-bond donors (Lipinski definition) is 1. The van der Waals surface area contributed by atoms with Crippen LogP contribution >= 0.6 is 0 Å². The number of ether oxygens (including phenoxy) is 1. The first-order valence-electron chi connectivity index (χ1n) is 4.85. The molecule has 0 aliphatic carbocycles. The molecule has 0 aromatic heterocycles. The van der Waals surface area contributed by atoms with Gasteiger partial charge in [0.05, 0.1) is 0 Å². The van der Waals surface area contributed by atoms with Crippen molar-refractivity contribution in [1.29, 1.82) is 0 Å². The number of aliphatic imine (C=N–C) groups is 1. The molecule has 2 N–H and O–H groups in total. The molecule has 0 rings (SSSR count). The summed E-state index contributed by atoms with van der Waals surface area (Å²) in [5.74, 6) is -0.347.